The zero-order chi connectivity index (χ0) is 30.1. The van der Waals surface area contributed by atoms with Crippen molar-refractivity contribution in [1.29, 1.82) is 0 Å². The van der Waals surface area contributed by atoms with Crippen molar-refractivity contribution >= 4 is 5.57 Å². The number of allylic oxidation sites excluding steroid dienone is 6. The molecule has 0 fully saturated rings. The minimum atomic E-state index is 0.0815. The Morgan fingerprint density at radius 3 is 2.27 bits per heavy atom. The molecule has 0 amide bonds. The lowest BCUT2D eigenvalue weighted by atomic mass is 9.40. The van der Waals surface area contributed by atoms with Crippen LogP contribution in [0, 0.1) is 29.1 Å². The van der Waals surface area contributed by atoms with Gasteiger partial charge in [0.15, 0.2) is 0 Å². The Kier molecular flexibility index (Phi) is 7.50. The molecule has 0 saturated heterocycles. The van der Waals surface area contributed by atoms with Crippen LogP contribution in [0.15, 0.2) is 77.4 Å². The van der Waals surface area contributed by atoms with Gasteiger partial charge < -0.3 is 0 Å². The second kappa shape index (κ2) is 10.3. The summed E-state index contributed by atoms with van der Waals surface area (Å²) in [6, 6.07) is 13.5. The molecule has 218 valence electrons. The first-order valence-corrected chi connectivity index (χ1v) is 16.1. The summed E-state index contributed by atoms with van der Waals surface area (Å²) < 4.78 is 0. The highest BCUT2D eigenvalue weighted by atomic mass is 14.6. The average Bonchev–Trinajstić information content (AvgIpc) is 2.87. The van der Waals surface area contributed by atoms with Gasteiger partial charge >= 0.3 is 0 Å². The van der Waals surface area contributed by atoms with Gasteiger partial charge in [-0.2, -0.15) is 0 Å². The fourth-order valence-corrected chi connectivity index (χ4v) is 10.1. The van der Waals surface area contributed by atoms with Crippen molar-refractivity contribution < 1.29 is 0 Å². The van der Waals surface area contributed by atoms with Crippen molar-refractivity contribution in [2.45, 2.75) is 114 Å². The van der Waals surface area contributed by atoms with E-state index in [9.17, 15) is 0 Å². The van der Waals surface area contributed by atoms with Crippen LogP contribution < -0.4 is 0 Å². The number of hydrogen-bond acceptors (Lipinski definition) is 0. The second-order valence-corrected chi connectivity index (χ2v) is 15.1. The van der Waals surface area contributed by atoms with E-state index < -0.39 is 0 Å². The van der Waals surface area contributed by atoms with Gasteiger partial charge in [-0.25, -0.2) is 0 Å². The third-order valence-corrected chi connectivity index (χ3v) is 12.0. The van der Waals surface area contributed by atoms with Crippen molar-refractivity contribution in [2.75, 3.05) is 0 Å². The molecule has 0 heteroatoms. The van der Waals surface area contributed by atoms with E-state index in [1.54, 1.807) is 27.8 Å². The first-order chi connectivity index (χ1) is 19.2. The molecular formula is C41H54. The van der Waals surface area contributed by atoms with E-state index in [-0.39, 0.29) is 16.2 Å². The van der Waals surface area contributed by atoms with Crippen LogP contribution >= 0.6 is 0 Å². The van der Waals surface area contributed by atoms with E-state index in [1.165, 1.54) is 51.8 Å². The zero-order valence-electron chi connectivity index (χ0n) is 27.8. The molecule has 2 aromatic carbocycles. The molecule has 3 aliphatic rings. The highest BCUT2D eigenvalue weighted by Crippen LogP contribution is 2.70. The first-order valence-electron chi connectivity index (χ1n) is 16.1. The topological polar surface area (TPSA) is 0 Å². The zero-order valence-corrected chi connectivity index (χ0v) is 27.8. The molecule has 0 nitrogen and oxygen atoms in total. The fraction of sp³-hybridized carbons (Fsp3) is 0.512. The van der Waals surface area contributed by atoms with Gasteiger partial charge in [0.1, 0.15) is 0 Å². The van der Waals surface area contributed by atoms with Gasteiger partial charge in [0.25, 0.3) is 0 Å². The molecule has 0 N–H and O–H groups in total. The smallest absolute Gasteiger partial charge is 0.00103 e. The van der Waals surface area contributed by atoms with E-state index >= 15 is 0 Å². The van der Waals surface area contributed by atoms with Crippen molar-refractivity contribution in [3.63, 3.8) is 0 Å². The highest BCUT2D eigenvalue weighted by Gasteiger charge is 2.60. The van der Waals surface area contributed by atoms with Crippen LogP contribution in [0.25, 0.3) is 5.57 Å². The molecule has 41 heavy (non-hydrogen) atoms. The largest absolute Gasteiger partial charge is 0.0958 e. The molecule has 3 aliphatic carbocycles. The summed E-state index contributed by atoms with van der Waals surface area (Å²) in [7, 11) is 0. The van der Waals surface area contributed by atoms with Gasteiger partial charge in [0, 0.05) is 5.41 Å². The normalized spacial score (nSPS) is 29.4. The molecule has 1 unspecified atom stereocenters. The van der Waals surface area contributed by atoms with E-state index in [2.05, 4.69) is 112 Å². The van der Waals surface area contributed by atoms with E-state index in [4.69, 9.17) is 6.58 Å². The third-order valence-electron chi connectivity index (χ3n) is 12.0. The first kappa shape index (κ1) is 29.9. The molecule has 0 aromatic heterocycles. The van der Waals surface area contributed by atoms with Gasteiger partial charge in [0.2, 0.25) is 0 Å². The second-order valence-electron chi connectivity index (χ2n) is 15.1. The maximum Gasteiger partial charge on any atom is 0.00103 e. The summed E-state index contributed by atoms with van der Waals surface area (Å²) in [5, 5.41) is 0. The Morgan fingerprint density at radius 1 is 1.00 bits per heavy atom. The summed E-state index contributed by atoms with van der Waals surface area (Å²) in [5.41, 5.74) is 18.2. The van der Waals surface area contributed by atoms with E-state index in [0.29, 0.717) is 11.8 Å². The van der Waals surface area contributed by atoms with Gasteiger partial charge in [-0.3, -0.25) is 0 Å². The van der Waals surface area contributed by atoms with Crippen LogP contribution in [0.2, 0.25) is 0 Å². The maximum absolute atomic E-state index is 4.96. The van der Waals surface area contributed by atoms with Crippen LogP contribution in [-0.2, 0) is 19.3 Å². The van der Waals surface area contributed by atoms with Gasteiger partial charge in [-0.05, 0) is 139 Å². The lowest BCUT2D eigenvalue weighted by Crippen LogP contribution is -2.54. The van der Waals surface area contributed by atoms with Crippen LogP contribution in [0.4, 0.5) is 0 Å². The van der Waals surface area contributed by atoms with Crippen molar-refractivity contribution in [3.8, 4) is 0 Å². The SMILES string of the molecule is C=C(C)C1=C(C)C[C@@]2(C)C[C@@]3(C)Cc4c(C(C)C)cc(CCCc5ccccc5)c(C)c4C(=C)C3=C(C)[C@@]2(C)C1C. The summed E-state index contributed by atoms with van der Waals surface area (Å²) in [5.74, 6) is 0.948. The lowest BCUT2D eigenvalue weighted by Gasteiger charge is -2.64. The van der Waals surface area contributed by atoms with Gasteiger partial charge in [-0.1, -0.05) is 108 Å². The van der Waals surface area contributed by atoms with Crippen LogP contribution in [0.5, 0.6) is 0 Å². The number of aryl methyl sites for hydroxylation is 2. The Balaban J connectivity index is 1.63. The molecule has 2 aromatic rings. The Hall–Kier alpha value is -2.60. The van der Waals surface area contributed by atoms with Gasteiger partial charge in [0.05, 0.1) is 0 Å². The minimum Gasteiger partial charge on any atom is -0.0958 e. The molecule has 0 heterocycles. The average molecular weight is 547 g/mol. The number of hydrogen-bond donors (Lipinski definition) is 0. The molecule has 0 radical (unpaired) electrons. The predicted octanol–water partition coefficient (Wildman–Crippen LogP) is 11.5. The predicted molar refractivity (Wildman–Crippen MR) is 179 cm³/mol. The summed E-state index contributed by atoms with van der Waals surface area (Å²) >= 11 is 0. The monoisotopic (exact) mass is 546 g/mol. The molecule has 0 aliphatic heterocycles. The summed E-state index contributed by atoms with van der Waals surface area (Å²) in [6.07, 6.45) is 6.92. The van der Waals surface area contributed by atoms with Gasteiger partial charge in [-0.15, -0.1) is 0 Å². The summed E-state index contributed by atoms with van der Waals surface area (Å²) in [4.78, 5) is 0. The Labute approximate surface area is 251 Å². The van der Waals surface area contributed by atoms with E-state index in [0.717, 1.165) is 25.7 Å². The summed E-state index contributed by atoms with van der Waals surface area (Å²) in [6.45, 7) is 33.8. The molecular weight excluding hydrogens is 492 g/mol. The molecule has 0 bridgehead atoms. The van der Waals surface area contributed by atoms with Crippen LogP contribution in [0.1, 0.15) is 121 Å². The minimum absolute atomic E-state index is 0.0815. The van der Waals surface area contributed by atoms with Crippen molar-refractivity contribution in [2.24, 2.45) is 22.2 Å². The number of rotatable bonds is 6. The lowest BCUT2D eigenvalue weighted by molar-refractivity contribution is -0.00617. The number of benzene rings is 2. The number of fused-ring (bicyclic) bond motifs is 3. The van der Waals surface area contributed by atoms with Crippen LogP contribution in [0.3, 0.4) is 0 Å². The fourth-order valence-electron chi connectivity index (χ4n) is 10.1. The third kappa shape index (κ3) is 4.47. The Morgan fingerprint density at radius 2 is 1.66 bits per heavy atom. The molecule has 5 rings (SSSR count). The molecule has 4 atom stereocenters. The van der Waals surface area contributed by atoms with E-state index in [1.807, 2.05) is 0 Å². The standard InChI is InChI=1S/C41H54/c1-25(2)34-21-33(20-16-19-32-17-14-13-15-18-32)28(6)37-29(7)38-31(9)41(12)30(8)36(26(3)4)27(5)22-40(41,11)24-39(38,10)23-35(34)37/h13-15,17-18,21,25,30H,3,7,16,19-20,22-24H2,1-2,4-6,8-12H3/t30?,39-,40+,41-/m1/s1. The van der Waals surface area contributed by atoms with Crippen LogP contribution in [-0.4, -0.2) is 0 Å². The van der Waals surface area contributed by atoms with Crippen molar-refractivity contribution in [3.05, 3.63) is 111 Å². The quantitative estimate of drug-likeness (QED) is 0.338. The van der Waals surface area contributed by atoms with Crippen molar-refractivity contribution in [1.82, 2.24) is 0 Å². The highest BCUT2D eigenvalue weighted by molar-refractivity contribution is 5.87. The maximum atomic E-state index is 4.96. The Bertz CT molecular complexity index is 1470. The molecule has 0 saturated carbocycles. The molecule has 0 spiro atoms.